The molecule has 0 radical (unpaired) electrons. The van der Waals surface area contributed by atoms with Crippen LogP contribution in [0.3, 0.4) is 0 Å². The van der Waals surface area contributed by atoms with Gasteiger partial charge in [0.15, 0.2) is 26.8 Å². The smallest absolute Gasteiger partial charge is 0.280 e. The highest BCUT2D eigenvalue weighted by atomic mass is 32.2. The molecule has 14 heteroatoms. The van der Waals surface area contributed by atoms with Gasteiger partial charge in [0.1, 0.15) is 0 Å². The Labute approximate surface area is 244 Å². The van der Waals surface area contributed by atoms with E-state index in [1.165, 1.54) is 30.6 Å². The van der Waals surface area contributed by atoms with Gasteiger partial charge in [0.2, 0.25) is 5.91 Å². The second-order valence-electron chi connectivity index (χ2n) is 10.1. The molecule has 2 aliphatic heterocycles. The Morgan fingerprint density at radius 1 is 1.24 bits per heavy atom. The maximum atomic E-state index is 13.3. The second-order valence-corrected chi connectivity index (χ2v) is 13.3. The molecule has 12 nitrogen and oxygen atoms in total. The predicted molar refractivity (Wildman–Crippen MR) is 155 cm³/mol. The number of oxime groups is 1. The molecule has 41 heavy (non-hydrogen) atoms. The van der Waals surface area contributed by atoms with Gasteiger partial charge in [-0.25, -0.2) is 13.4 Å². The number of nitrogens with zero attached hydrogens (tertiary/aromatic N) is 4. The van der Waals surface area contributed by atoms with Crippen LogP contribution in [0.2, 0.25) is 0 Å². The molecule has 2 aliphatic rings. The molecule has 2 saturated heterocycles. The first kappa shape index (κ1) is 31.0. The SMILES string of the molecule is COCCCS(=O)(=O)c1ccc(/C(=N\O[C@@H]2CCOC2)C(=O)Nc2ncc(CN3CCN(C(C)=O)[C@@H](C)C3)s2)cc1. The van der Waals surface area contributed by atoms with Crippen LogP contribution in [0, 0.1) is 0 Å². The Balaban J connectivity index is 1.44. The first-order valence-corrected chi connectivity index (χ1v) is 16.0. The predicted octanol–water partition coefficient (Wildman–Crippen LogP) is 2.15. The molecule has 2 amide bonds. The molecule has 224 valence electrons. The summed E-state index contributed by atoms with van der Waals surface area (Å²) in [4.78, 5) is 40.4. The van der Waals surface area contributed by atoms with Crippen molar-refractivity contribution in [3.05, 3.63) is 40.9 Å². The van der Waals surface area contributed by atoms with E-state index in [1.54, 1.807) is 25.3 Å². The molecule has 2 atom stereocenters. The molecule has 0 saturated carbocycles. The van der Waals surface area contributed by atoms with E-state index in [-0.39, 0.29) is 34.4 Å². The van der Waals surface area contributed by atoms with Gasteiger partial charge in [-0.2, -0.15) is 0 Å². The van der Waals surface area contributed by atoms with Crippen LogP contribution in [0.1, 0.15) is 37.1 Å². The highest BCUT2D eigenvalue weighted by Gasteiger charge is 2.26. The summed E-state index contributed by atoms with van der Waals surface area (Å²) in [5.74, 6) is -0.478. The molecule has 1 N–H and O–H groups in total. The van der Waals surface area contributed by atoms with Crippen LogP contribution < -0.4 is 5.32 Å². The monoisotopic (exact) mass is 607 g/mol. The van der Waals surface area contributed by atoms with E-state index in [2.05, 4.69) is 20.4 Å². The van der Waals surface area contributed by atoms with Gasteiger partial charge in [0, 0.05) is 75.9 Å². The van der Waals surface area contributed by atoms with E-state index in [0.717, 1.165) is 18.0 Å². The van der Waals surface area contributed by atoms with Crippen LogP contribution in [0.25, 0.3) is 0 Å². The van der Waals surface area contributed by atoms with E-state index < -0.39 is 15.7 Å². The fourth-order valence-corrected chi connectivity index (χ4v) is 6.87. The minimum absolute atomic E-state index is 0.00570. The molecule has 3 heterocycles. The third-order valence-corrected chi connectivity index (χ3v) is 9.63. The number of aromatic nitrogens is 1. The summed E-state index contributed by atoms with van der Waals surface area (Å²) in [5.41, 5.74) is 0.414. The Morgan fingerprint density at radius 2 is 2.02 bits per heavy atom. The lowest BCUT2D eigenvalue weighted by molar-refractivity contribution is -0.133. The lowest BCUT2D eigenvalue weighted by atomic mass is 10.1. The lowest BCUT2D eigenvalue weighted by Gasteiger charge is -2.39. The first-order chi connectivity index (χ1) is 19.7. The summed E-state index contributed by atoms with van der Waals surface area (Å²) in [7, 11) is -1.96. The number of carbonyl (C=O) groups excluding carboxylic acids is 2. The summed E-state index contributed by atoms with van der Waals surface area (Å²) in [5, 5.41) is 7.37. The number of methoxy groups -OCH3 is 1. The minimum Gasteiger partial charge on any atom is -0.389 e. The summed E-state index contributed by atoms with van der Waals surface area (Å²) in [6.45, 7) is 7.79. The fourth-order valence-electron chi connectivity index (χ4n) is 4.74. The number of nitrogens with one attached hydrogen (secondary N) is 1. The zero-order valence-electron chi connectivity index (χ0n) is 23.6. The number of carbonyl (C=O) groups is 2. The standard InChI is InChI=1S/C27H37N5O7S2/c1-19-16-31(10-11-32(19)20(2)33)17-23-15-28-27(40-23)29-26(34)25(30-39-22-9-13-38-18-22)21-5-7-24(8-6-21)41(35,36)14-4-12-37-3/h5-8,15,19,22H,4,9-14,16-18H2,1-3H3,(H,28,29,34)/b30-25+/t19-,22+/m0/s1. The van der Waals surface area contributed by atoms with Crippen molar-refractivity contribution in [1.29, 1.82) is 0 Å². The van der Waals surface area contributed by atoms with Gasteiger partial charge < -0.3 is 19.2 Å². The topological polar surface area (TPSA) is 140 Å². The van der Waals surface area contributed by atoms with Crippen molar-refractivity contribution in [2.75, 3.05) is 57.6 Å². The number of ether oxygens (including phenoxy) is 2. The number of hydrogen-bond acceptors (Lipinski definition) is 11. The second kappa shape index (κ2) is 14.3. The molecule has 0 bridgehead atoms. The van der Waals surface area contributed by atoms with Crippen LogP contribution in [0.4, 0.5) is 5.13 Å². The van der Waals surface area contributed by atoms with Gasteiger partial charge in [0.05, 0.1) is 23.9 Å². The first-order valence-electron chi connectivity index (χ1n) is 13.6. The van der Waals surface area contributed by atoms with E-state index in [9.17, 15) is 18.0 Å². The summed E-state index contributed by atoms with van der Waals surface area (Å²) >= 11 is 1.36. The zero-order valence-corrected chi connectivity index (χ0v) is 25.2. The largest absolute Gasteiger partial charge is 0.389 e. The van der Waals surface area contributed by atoms with E-state index in [0.29, 0.717) is 56.4 Å². The molecule has 1 aromatic carbocycles. The van der Waals surface area contributed by atoms with Crippen molar-refractivity contribution in [3.63, 3.8) is 0 Å². The molecule has 4 rings (SSSR count). The summed E-state index contributed by atoms with van der Waals surface area (Å²) in [6, 6.07) is 6.15. The number of thiazole rings is 1. The maximum absolute atomic E-state index is 13.3. The third kappa shape index (κ3) is 8.55. The maximum Gasteiger partial charge on any atom is 0.280 e. The molecule has 2 fully saturated rings. The van der Waals surface area contributed by atoms with Crippen molar-refractivity contribution < 1.29 is 32.3 Å². The van der Waals surface area contributed by atoms with Gasteiger partial charge in [0.25, 0.3) is 5.91 Å². The molecule has 2 aromatic rings. The molecule has 1 aromatic heterocycles. The van der Waals surface area contributed by atoms with Gasteiger partial charge >= 0.3 is 0 Å². The zero-order chi connectivity index (χ0) is 29.4. The summed E-state index contributed by atoms with van der Waals surface area (Å²) < 4.78 is 35.6. The van der Waals surface area contributed by atoms with Crippen LogP contribution in [-0.2, 0) is 40.3 Å². The van der Waals surface area contributed by atoms with Crippen LogP contribution >= 0.6 is 11.3 Å². The Morgan fingerprint density at radius 3 is 2.68 bits per heavy atom. The van der Waals surface area contributed by atoms with Gasteiger partial charge in [-0.3, -0.25) is 19.8 Å². The third-order valence-electron chi connectivity index (χ3n) is 6.91. The van der Waals surface area contributed by atoms with Crippen molar-refractivity contribution in [1.82, 2.24) is 14.8 Å². The number of benzene rings is 1. The molecule has 0 unspecified atom stereocenters. The van der Waals surface area contributed by atoms with Crippen molar-refractivity contribution >= 4 is 43.8 Å². The van der Waals surface area contributed by atoms with Crippen molar-refractivity contribution in [2.24, 2.45) is 5.16 Å². The highest BCUT2D eigenvalue weighted by molar-refractivity contribution is 7.91. The van der Waals surface area contributed by atoms with Crippen LogP contribution in [-0.4, -0.2) is 105 Å². The number of hydrogen-bond donors (Lipinski definition) is 1. The van der Waals surface area contributed by atoms with Crippen molar-refractivity contribution in [2.45, 2.75) is 50.3 Å². The fraction of sp³-hybridized carbons (Fsp3) is 0.556. The van der Waals surface area contributed by atoms with E-state index >= 15 is 0 Å². The van der Waals surface area contributed by atoms with Gasteiger partial charge in [-0.15, -0.1) is 11.3 Å². The molecular formula is C27H37N5O7S2. The number of rotatable bonds is 12. The Hall–Kier alpha value is -2.91. The molecule has 0 aliphatic carbocycles. The number of amides is 2. The average molecular weight is 608 g/mol. The van der Waals surface area contributed by atoms with E-state index in [4.69, 9.17) is 14.3 Å². The quantitative estimate of drug-likeness (QED) is 0.218. The normalized spacial score (nSPS) is 20.3. The molecule has 0 spiro atoms. The van der Waals surface area contributed by atoms with Gasteiger partial charge in [-0.1, -0.05) is 17.3 Å². The Bertz CT molecular complexity index is 1320. The lowest BCUT2D eigenvalue weighted by Crippen LogP contribution is -2.52. The van der Waals surface area contributed by atoms with E-state index in [1.807, 2.05) is 11.8 Å². The Kier molecular flexibility index (Phi) is 10.8. The molecular weight excluding hydrogens is 570 g/mol. The van der Waals surface area contributed by atoms with Gasteiger partial charge in [-0.05, 0) is 25.5 Å². The van der Waals surface area contributed by atoms with Crippen LogP contribution in [0.15, 0.2) is 40.5 Å². The number of anilines is 1. The number of piperazine rings is 1. The van der Waals surface area contributed by atoms with Crippen molar-refractivity contribution in [3.8, 4) is 0 Å². The highest BCUT2D eigenvalue weighted by Crippen LogP contribution is 2.22. The summed E-state index contributed by atoms with van der Waals surface area (Å²) in [6.07, 6.45) is 2.51. The number of sulfone groups is 1. The minimum atomic E-state index is -3.49. The van der Waals surface area contributed by atoms with Crippen LogP contribution in [0.5, 0.6) is 0 Å². The average Bonchev–Trinajstić information content (AvgIpc) is 3.61.